The molecule has 1 aromatic rings. The van der Waals surface area contributed by atoms with Crippen molar-refractivity contribution in [3.63, 3.8) is 0 Å². The van der Waals surface area contributed by atoms with Crippen LogP contribution in [0.4, 0.5) is 0 Å². The number of hydrogen-bond donors (Lipinski definition) is 0. The molecule has 0 aliphatic rings. The molecule has 17 heavy (non-hydrogen) atoms. The number of ether oxygens (including phenoxy) is 2. The molecule has 0 saturated heterocycles. The van der Waals surface area contributed by atoms with E-state index in [0.717, 1.165) is 0 Å². The summed E-state index contributed by atoms with van der Waals surface area (Å²) in [6.07, 6.45) is 0.665. The first kappa shape index (κ1) is 13.0. The van der Waals surface area contributed by atoms with E-state index in [9.17, 15) is 9.59 Å². The highest BCUT2D eigenvalue weighted by atomic mass is 16.5. The fourth-order valence-electron chi connectivity index (χ4n) is 1.20. The van der Waals surface area contributed by atoms with Gasteiger partial charge in [-0.2, -0.15) is 0 Å². The van der Waals surface area contributed by atoms with E-state index in [2.05, 4.69) is 0 Å². The zero-order chi connectivity index (χ0) is 12.8. The predicted octanol–water partition coefficient (Wildman–Crippen LogP) is 0.975. The van der Waals surface area contributed by atoms with Gasteiger partial charge in [0.2, 0.25) is 0 Å². The highest BCUT2D eigenvalue weighted by Crippen LogP contribution is 2.29. The van der Waals surface area contributed by atoms with E-state index in [1.165, 1.54) is 12.0 Å². The van der Waals surface area contributed by atoms with Crippen molar-refractivity contribution in [1.29, 1.82) is 0 Å². The third kappa shape index (κ3) is 3.21. The van der Waals surface area contributed by atoms with E-state index < -0.39 is 0 Å². The normalized spacial score (nSPS) is 9.59. The highest BCUT2D eigenvalue weighted by Gasteiger charge is 2.12. The molecule has 92 valence electrons. The summed E-state index contributed by atoms with van der Waals surface area (Å²) in [5.74, 6) is 0.536. The maximum atomic E-state index is 11.4. The van der Waals surface area contributed by atoms with Crippen molar-refractivity contribution in [3.8, 4) is 11.5 Å². The Morgan fingerprint density at radius 2 is 2.12 bits per heavy atom. The monoisotopic (exact) mass is 237 g/mol. The average Bonchev–Trinajstić information content (AvgIpc) is 2.34. The Balaban J connectivity index is 2.88. The van der Waals surface area contributed by atoms with Crippen LogP contribution in [0.25, 0.3) is 0 Å². The summed E-state index contributed by atoms with van der Waals surface area (Å²) in [6, 6.07) is 4.96. The molecular weight excluding hydrogens is 222 g/mol. The lowest BCUT2D eigenvalue weighted by Crippen LogP contribution is -2.27. The Morgan fingerprint density at radius 3 is 2.65 bits per heavy atom. The van der Waals surface area contributed by atoms with E-state index in [-0.39, 0.29) is 12.5 Å². The summed E-state index contributed by atoms with van der Waals surface area (Å²) in [5.41, 5.74) is 0.357. The van der Waals surface area contributed by atoms with E-state index in [0.29, 0.717) is 23.3 Å². The lowest BCUT2D eigenvalue weighted by atomic mass is 10.2. The number of methoxy groups -OCH3 is 1. The number of likely N-dealkylation sites (N-methyl/N-ethyl adjacent to an activating group) is 1. The summed E-state index contributed by atoms with van der Waals surface area (Å²) in [7, 11) is 4.74. The lowest BCUT2D eigenvalue weighted by molar-refractivity contribution is -0.130. The molecule has 0 spiro atoms. The first-order valence-electron chi connectivity index (χ1n) is 5.05. The molecule has 0 aliphatic carbocycles. The van der Waals surface area contributed by atoms with Crippen LogP contribution in [0.1, 0.15) is 10.4 Å². The summed E-state index contributed by atoms with van der Waals surface area (Å²) in [4.78, 5) is 23.6. The minimum Gasteiger partial charge on any atom is -0.493 e. The number of carbonyl (C=O) groups is 2. The SMILES string of the molecule is COc1cccc(C=O)c1OCC(=O)N(C)C. The number of rotatable bonds is 5. The molecule has 5 heteroatoms. The number of aldehydes is 1. The second kappa shape index (κ2) is 5.89. The van der Waals surface area contributed by atoms with Gasteiger partial charge in [0, 0.05) is 14.1 Å². The van der Waals surface area contributed by atoms with Gasteiger partial charge in [-0.3, -0.25) is 9.59 Å². The second-order valence-corrected chi connectivity index (χ2v) is 3.57. The van der Waals surface area contributed by atoms with Gasteiger partial charge in [-0.1, -0.05) is 6.07 Å². The largest absolute Gasteiger partial charge is 0.493 e. The van der Waals surface area contributed by atoms with Crippen LogP contribution in [-0.4, -0.2) is 44.9 Å². The van der Waals surface area contributed by atoms with Crippen molar-refractivity contribution in [2.24, 2.45) is 0 Å². The molecule has 0 heterocycles. The smallest absolute Gasteiger partial charge is 0.259 e. The number of amides is 1. The van der Waals surface area contributed by atoms with Crippen molar-refractivity contribution in [2.45, 2.75) is 0 Å². The number of carbonyl (C=O) groups excluding carboxylic acids is 2. The van der Waals surface area contributed by atoms with Crippen LogP contribution in [0.3, 0.4) is 0 Å². The number of nitrogens with zero attached hydrogens (tertiary/aromatic N) is 1. The zero-order valence-electron chi connectivity index (χ0n) is 10.1. The van der Waals surface area contributed by atoms with Crippen molar-refractivity contribution in [1.82, 2.24) is 4.90 Å². The molecule has 0 unspecified atom stereocenters. The van der Waals surface area contributed by atoms with Gasteiger partial charge in [0.15, 0.2) is 24.4 Å². The summed E-state index contributed by atoms with van der Waals surface area (Å²) >= 11 is 0. The van der Waals surface area contributed by atoms with Crippen LogP contribution >= 0.6 is 0 Å². The molecule has 0 aliphatic heterocycles. The standard InChI is InChI=1S/C12H15NO4/c1-13(2)11(15)8-17-12-9(7-14)5-4-6-10(12)16-3/h4-7H,8H2,1-3H3. The Labute approximate surface area is 99.9 Å². The van der Waals surface area contributed by atoms with Gasteiger partial charge in [-0.15, -0.1) is 0 Å². The molecule has 0 radical (unpaired) electrons. The van der Waals surface area contributed by atoms with Gasteiger partial charge in [0.1, 0.15) is 0 Å². The van der Waals surface area contributed by atoms with E-state index in [1.54, 1.807) is 32.3 Å². The molecule has 0 saturated carbocycles. The van der Waals surface area contributed by atoms with Crippen molar-refractivity contribution < 1.29 is 19.1 Å². The fraction of sp³-hybridized carbons (Fsp3) is 0.333. The van der Waals surface area contributed by atoms with Crippen LogP contribution in [0.2, 0.25) is 0 Å². The van der Waals surface area contributed by atoms with Crippen LogP contribution in [0.5, 0.6) is 11.5 Å². The summed E-state index contributed by atoms with van der Waals surface area (Å²) in [5, 5.41) is 0. The maximum Gasteiger partial charge on any atom is 0.259 e. The van der Waals surface area contributed by atoms with Gasteiger partial charge in [0.05, 0.1) is 12.7 Å². The van der Waals surface area contributed by atoms with Gasteiger partial charge < -0.3 is 14.4 Å². The number of para-hydroxylation sites is 1. The third-order valence-electron chi connectivity index (χ3n) is 2.20. The number of hydrogen-bond acceptors (Lipinski definition) is 4. The van der Waals surface area contributed by atoms with Crippen LogP contribution in [-0.2, 0) is 4.79 Å². The van der Waals surface area contributed by atoms with Crippen LogP contribution in [0, 0.1) is 0 Å². The molecule has 0 fully saturated rings. The van der Waals surface area contributed by atoms with Crippen molar-refractivity contribution >= 4 is 12.2 Å². The first-order valence-corrected chi connectivity index (χ1v) is 5.05. The predicted molar refractivity (Wildman–Crippen MR) is 62.6 cm³/mol. The quantitative estimate of drug-likeness (QED) is 0.716. The van der Waals surface area contributed by atoms with E-state index >= 15 is 0 Å². The Morgan fingerprint density at radius 1 is 1.41 bits per heavy atom. The average molecular weight is 237 g/mol. The molecular formula is C12H15NO4. The minimum absolute atomic E-state index is 0.131. The van der Waals surface area contributed by atoms with Gasteiger partial charge >= 0.3 is 0 Å². The van der Waals surface area contributed by atoms with Gasteiger partial charge in [0.25, 0.3) is 5.91 Å². The fourth-order valence-corrected chi connectivity index (χ4v) is 1.20. The Hall–Kier alpha value is -2.04. The van der Waals surface area contributed by atoms with Crippen LogP contribution < -0.4 is 9.47 Å². The molecule has 0 atom stereocenters. The Kier molecular flexibility index (Phi) is 4.51. The number of benzene rings is 1. The van der Waals surface area contributed by atoms with Gasteiger partial charge in [-0.25, -0.2) is 0 Å². The Bertz CT molecular complexity index is 415. The molecule has 0 bridgehead atoms. The molecule has 1 rings (SSSR count). The molecule has 1 amide bonds. The van der Waals surface area contributed by atoms with E-state index in [4.69, 9.17) is 9.47 Å². The molecule has 1 aromatic carbocycles. The zero-order valence-corrected chi connectivity index (χ0v) is 10.1. The first-order chi connectivity index (χ1) is 8.10. The van der Waals surface area contributed by atoms with E-state index in [1.807, 2.05) is 0 Å². The highest BCUT2D eigenvalue weighted by molar-refractivity contribution is 5.82. The summed E-state index contributed by atoms with van der Waals surface area (Å²) in [6.45, 7) is -0.131. The second-order valence-electron chi connectivity index (χ2n) is 3.57. The molecule has 0 aromatic heterocycles. The third-order valence-corrected chi connectivity index (χ3v) is 2.20. The van der Waals surface area contributed by atoms with Crippen molar-refractivity contribution in [2.75, 3.05) is 27.8 Å². The molecule has 0 N–H and O–H groups in total. The van der Waals surface area contributed by atoms with Crippen LogP contribution in [0.15, 0.2) is 18.2 Å². The van der Waals surface area contributed by atoms with Gasteiger partial charge in [-0.05, 0) is 12.1 Å². The van der Waals surface area contributed by atoms with Crippen molar-refractivity contribution in [3.05, 3.63) is 23.8 Å². The summed E-state index contributed by atoms with van der Waals surface area (Å²) < 4.78 is 10.4. The molecule has 5 nitrogen and oxygen atoms in total. The topological polar surface area (TPSA) is 55.8 Å². The maximum absolute atomic E-state index is 11.4. The lowest BCUT2D eigenvalue weighted by Gasteiger charge is -2.14. The minimum atomic E-state index is -0.187.